The Labute approximate surface area is 117 Å². The Balaban J connectivity index is 2.08. The van der Waals surface area contributed by atoms with Gasteiger partial charge >= 0.3 is 0 Å². The maximum absolute atomic E-state index is 9.45. The molecule has 5 heteroatoms. The van der Waals surface area contributed by atoms with Crippen LogP contribution in [0.15, 0.2) is 48.8 Å². The summed E-state index contributed by atoms with van der Waals surface area (Å²) in [6, 6.07) is 11.1. The maximum Gasteiger partial charge on any atom is 0.150 e. The van der Waals surface area contributed by atoms with Crippen molar-refractivity contribution in [1.82, 2.24) is 4.98 Å². The molecule has 2 rings (SSSR count). The van der Waals surface area contributed by atoms with E-state index < -0.39 is 6.10 Å². The minimum atomic E-state index is -0.590. The first-order valence-electron chi connectivity index (χ1n) is 5.94. The smallest absolute Gasteiger partial charge is 0.150 e. The van der Waals surface area contributed by atoms with Crippen LogP contribution in [0.5, 0.6) is 11.5 Å². The molecule has 1 heterocycles. The number of nitrogens with one attached hydrogen (secondary N) is 1. The van der Waals surface area contributed by atoms with E-state index in [1.54, 1.807) is 12.4 Å². The molecule has 1 unspecified atom stereocenters. The van der Waals surface area contributed by atoms with E-state index in [4.69, 9.17) is 16.3 Å². The Morgan fingerprint density at radius 2 is 2.11 bits per heavy atom. The third-order valence-electron chi connectivity index (χ3n) is 2.46. The molecule has 0 saturated heterocycles. The molecule has 0 aliphatic carbocycles. The zero-order valence-electron chi connectivity index (χ0n) is 10.3. The Morgan fingerprint density at radius 3 is 2.84 bits per heavy atom. The van der Waals surface area contributed by atoms with E-state index in [9.17, 15) is 5.11 Å². The molecule has 1 atom stereocenters. The van der Waals surface area contributed by atoms with Crippen LogP contribution in [-0.2, 0) is 0 Å². The van der Waals surface area contributed by atoms with E-state index in [0.717, 1.165) is 5.69 Å². The number of anilines is 1. The number of halogens is 1. The highest BCUT2D eigenvalue weighted by Gasteiger charge is 2.06. The molecule has 100 valence electrons. The van der Waals surface area contributed by atoms with Crippen molar-refractivity contribution in [3.63, 3.8) is 0 Å². The molecule has 0 spiro atoms. The predicted molar refractivity (Wildman–Crippen MR) is 76.0 cm³/mol. The second-order valence-electron chi connectivity index (χ2n) is 3.98. The van der Waals surface area contributed by atoms with Gasteiger partial charge in [0.15, 0.2) is 5.75 Å². The van der Waals surface area contributed by atoms with Gasteiger partial charge in [-0.3, -0.25) is 4.98 Å². The molecule has 0 saturated carbocycles. The normalized spacial score (nSPS) is 11.9. The van der Waals surface area contributed by atoms with Gasteiger partial charge in [-0.05, 0) is 24.3 Å². The summed E-state index contributed by atoms with van der Waals surface area (Å²) >= 11 is 5.56. The summed E-state index contributed by atoms with van der Waals surface area (Å²) in [5, 5.41) is 12.6. The number of aromatic nitrogens is 1. The molecule has 0 radical (unpaired) electrons. The minimum absolute atomic E-state index is 0.193. The molecular weight excluding hydrogens is 264 g/mol. The van der Waals surface area contributed by atoms with Crippen LogP contribution < -0.4 is 10.1 Å². The van der Waals surface area contributed by atoms with Gasteiger partial charge < -0.3 is 15.2 Å². The van der Waals surface area contributed by atoms with Crippen LogP contribution in [0.2, 0.25) is 0 Å². The number of ether oxygens (including phenoxy) is 1. The minimum Gasteiger partial charge on any atom is -0.454 e. The van der Waals surface area contributed by atoms with Crippen LogP contribution in [-0.4, -0.2) is 28.6 Å². The summed E-state index contributed by atoms with van der Waals surface area (Å²) in [5.74, 6) is 1.53. The van der Waals surface area contributed by atoms with E-state index in [1.807, 2.05) is 36.4 Å². The number of alkyl halides is 1. The molecule has 2 aromatic rings. The first-order valence-corrected chi connectivity index (χ1v) is 6.48. The third-order valence-corrected chi connectivity index (χ3v) is 2.81. The number of hydrogen-bond acceptors (Lipinski definition) is 4. The largest absolute Gasteiger partial charge is 0.454 e. The zero-order chi connectivity index (χ0) is 13.5. The van der Waals surface area contributed by atoms with Gasteiger partial charge in [-0.1, -0.05) is 12.1 Å². The highest BCUT2D eigenvalue weighted by atomic mass is 35.5. The topological polar surface area (TPSA) is 54.4 Å². The van der Waals surface area contributed by atoms with E-state index >= 15 is 0 Å². The molecule has 19 heavy (non-hydrogen) atoms. The van der Waals surface area contributed by atoms with E-state index in [0.29, 0.717) is 18.0 Å². The van der Waals surface area contributed by atoms with Crippen LogP contribution in [0.4, 0.5) is 5.69 Å². The second-order valence-corrected chi connectivity index (χ2v) is 4.28. The second kappa shape index (κ2) is 6.97. The van der Waals surface area contributed by atoms with Gasteiger partial charge in [0.05, 0.1) is 23.9 Å². The van der Waals surface area contributed by atoms with Crippen molar-refractivity contribution in [2.75, 3.05) is 17.7 Å². The molecule has 4 nitrogen and oxygen atoms in total. The van der Waals surface area contributed by atoms with Gasteiger partial charge in [0.1, 0.15) is 5.75 Å². The number of benzene rings is 1. The van der Waals surface area contributed by atoms with Crippen molar-refractivity contribution >= 4 is 17.3 Å². The predicted octanol–water partition coefficient (Wildman–Crippen LogP) is 2.89. The van der Waals surface area contributed by atoms with Gasteiger partial charge in [0, 0.05) is 12.7 Å². The molecule has 0 aliphatic heterocycles. The molecule has 1 aromatic carbocycles. The Morgan fingerprint density at radius 1 is 1.26 bits per heavy atom. The average molecular weight is 279 g/mol. The number of rotatable bonds is 6. The van der Waals surface area contributed by atoms with E-state index in [-0.39, 0.29) is 5.88 Å². The zero-order valence-corrected chi connectivity index (χ0v) is 11.0. The summed E-state index contributed by atoms with van der Waals surface area (Å²) in [4.78, 5) is 4.00. The van der Waals surface area contributed by atoms with Gasteiger partial charge in [0.2, 0.25) is 0 Å². The quantitative estimate of drug-likeness (QED) is 0.798. The number of hydrogen-bond donors (Lipinski definition) is 2. The van der Waals surface area contributed by atoms with Gasteiger partial charge in [-0.15, -0.1) is 11.6 Å². The summed E-state index contributed by atoms with van der Waals surface area (Å²) in [7, 11) is 0. The van der Waals surface area contributed by atoms with Crippen LogP contribution in [0.1, 0.15) is 0 Å². The number of aliphatic hydroxyl groups is 1. The molecule has 0 amide bonds. The fourth-order valence-corrected chi connectivity index (χ4v) is 1.63. The highest BCUT2D eigenvalue weighted by molar-refractivity contribution is 6.18. The fourth-order valence-electron chi connectivity index (χ4n) is 1.52. The molecular formula is C14H15ClN2O2. The first kappa shape index (κ1) is 13.6. The van der Waals surface area contributed by atoms with Crippen molar-refractivity contribution in [3.05, 3.63) is 48.8 Å². The lowest BCUT2D eigenvalue weighted by molar-refractivity contribution is 0.211. The van der Waals surface area contributed by atoms with Crippen LogP contribution >= 0.6 is 11.6 Å². The van der Waals surface area contributed by atoms with Crippen LogP contribution in [0.25, 0.3) is 0 Å². The number of aliphatic hydroxyl groups excluding tert-OH is 1. The highest BCUT2D eigenvalue weighted by Crippen LogP contribution is 2.28. The van der Waals surface area contributed by atoms with Crippen molar-refractivity contribution in [1.29, 1.82) is 0 Å². The van der Waals surface area contributed by atoms with E-state index in [2.05, 4.69) is 10.3 Å². The summed E-state index contributed by atoms with van der Waals surface area (Å²) in [6.45, 7) is 0.372. The summed E-state index contributed by atoms with van der Waals surface area (Å²) < 4.78 is 5.74. The lowest BCUT2D eigenvalue weighted by Crippen LogP contribution is -2.20. The molecule has 0 aliphatic rings. The van der Waals surface area contributed by atoms with Gasteiger partial charge in [-0.25, -0.2) is 0 Å². The molecule has 0 fully saturated rings. The molecule has 2 N–H and O–H groups in total. The monoisotopic (exact) mass is 278 g/mol. The van der Waals surface area contributed by atoms with Crippen molar-refractivity contribution in [2.24, 2.45) is 0 Å². The third kappa shape index (κ3) is 4.12. The Bertz CT molecular complexity index is 508. The standard InChI is InChI=1S/C14H15ClN2O2/c15-8-11(18)9-17-13-5-1-2-6-14(13)19-12-4-3-7-16-10-12/h1-7,10-11,17-18H,8-9H2. The number of para-hydroxylation sites is 2. The average Bonchev–Trinajstić information content (AvgIpc) is 2.47. The van der Waals surface area contributed by atoms with Crippen molar-refractivity contribution in [3.8, 4) is 11.5 Å². The van der Waals surface area contributed by atoms with E-state index in [1.165, 1.54) is 0 Å². The summed E-state index contributed by atoms with van der Waals surface area (Å²) in [5.41, 5.74) is 0.801. The maximum atomic E-state index is 9.45. The Hall–Kier alpha value is -1.78. The SMILES string of the molecule is OC(CCl)CNc1ccccc1Oc1cccnc1. The Kier molecular flexibility index (Phi) is 5.01. The lowest BCUT2D eigenvalue weighted by Gasteiger charge is -2.14. The van der Waals surface area contributed by atoms with Crippen LogP contribution in [0.3, 0.4) is 0 Å². The van der Waals surface area contributed by atoms with Crippen molar-refractivity contribution in [2.45, 2.75) is 6.10 Å². The summed E-state index contributed by atoms with van der Waals surface area (Å²) in [6.07, 6.45) is 2.74. The first-order chi connectivity index (χ1) is 9.29. The lowest BCUT2D eigenvalue weighted by atomic mass is 10.2. The molecule has 1 aromatic heterocycles. The van der Waals surface area contributed by atoms with Crippen molar-refractivity contribution < 1.29 is 9.84 Å². The fraction of sp³-hybridized carbons (Fsp3) is 0.214. The number of nitrogens with zero attached hydrogens (tertiary/aromatic N) is 1. The van der Waals surface area contributed by atoms with Gasteiger partial charge in [-0.2, -0.15) is 0 Å². The van der Waals surface area contributed by atoms with Crippen LogP contribution in [0, 0.1) is 0 Å². The molecule has 0 bridgehead atoms. The number of pyridine rings is 1. The van der Waals surface area contributed by atoms with Gasteiger partial charge in [0.25, 0.3) is 0 Å².